The van der Waals surface area contributed by atoms with E-state index in [1.54, 1.807) is 6.07 Å². The molecule has 1 aliphatic carbocycles. The number of fused-ring (bicyclic) bond motifs is 1. The number of nitrogens with zero attached hydrogens (tertiary/aromatic N) is 1. The number of hydrogen-bond donors (Lipinski definition) is 0. The molecule has 2 nitrogen and oxygen atoms in total. The van der Waals surface area contributed by atoms with Gasteiger partial charge in [-0.25, -0.2) is 9.37 Å². The fourth-order valence-electron chi connectivity index (χ4n) is 3.38. The van der Waals surface area contributed by atoms with Gasteiger partial charge < -0.3 is 4.74 Å². The minimum atomic E-state index is -0.169. The van der Waals surface area contributed by atoms with Crippen LogP contribution in [-0.4, -0.2) is 11.1 Å². The second kappa shape index (κ2) is 5.08. The summed E-state index contributed by atoms with van der Waals surface area (Å²) in [6, 6.07) is 7.39. The fourth-order valence-corrected chi connectivity index (χ4v) is 3.38. The molecule has 0 saturated heterocycles. The summed E-state index contributed by atoms with van der Waals surface area (Å²) in [4.78, 5) is 4.56. The Morgan fingerprint density at radius 1 is 1.09 bits per heavy atom. The third-order valence-corrected chi connectivity index (χ3v) is 4.72. The zero-order valence-electron chi connectivity index (χ0n) is 13.0. The molecule has 1 atom stereocenters. The van der Waals surface area contributed by atoms with Crippen molar-refractivity contribution in [3.63, 3.8) is 0 Å². The number of hydrogen-bond acceptors (Lipinski definition) is 2. The Hall–Kier alpha value is -1.90. The first-order chi connectivity index (χ1) is 10.6. The molecule has 2 heterocycles. The van der Waals surface area contributed by atoms with Crippen molar-refractivity contribution >= 4 is 0 Å². The van der Waals surface area contributed by atoms with E-state index in [0.29, 0.717) is 17.6 Å². The molecule has 114 valence electrons. The van der Waals surface area contributed by atoms with Crippen molar-refractivity contribution < 1.29 is 9.13 Å². The van der Waals surface area contributed by atoms with Crippen LogP contribution in [0, 0.1) is 25.6 Å². The summed E-state index contributed by atoms with van der Waals surface area (Å²) in [7, 11) is 0. The van der Waals surface area contributed by atoms with Gasteiger partial charge in [0.05, 0.1) is 0 Å². The van der Waals surface area contributed by atoms with E-state index < -0.39 is 0 Å². The van der Waals surface area contributed by atoms with Gasteiger partial charge in [0, 0.05) is 16.8 Å². The zero-order chi connectivity index (χ0) is 15.3. The summed E-state index contributed by atoms with van der Waals surface area (Å²) in [5.41, 5.74) is 4.47. The van der Waals surface area contributed by atoms with Crippen molar-refractivity contribution in [2.24, 2.45) is 5.92 Å². The SMILES string of the molecule is Cc1ccc(-c2cc(C)nc3c2CCC(C2CC2)O3)c(F)c1. The van der Waals surface area contributed by atoms with Crippen LogP contribution in [0.3, 0.4) is 0 Å². The Morgan fingerprint density at radius 2 is 1.91 bits per heavy atom. The maximum atomic E-state index is 14.4. The van der Waals surface area contributed by atoms with Crippen LogP contribution in [0.25, 0.3) is 11.1 Å². The first-order valence-corrected chi connectivity index (χ1v) is 8.05. The molecule has 0 radical (unpaired) electrons. The van der Waals surface area contributed by atoms with Gasteiger partial charge in [-0.3, -0.25) is 0 Å². The number of aromatic nitrogens is 1. The Morgan fingerprint density at radius 3 is 2.64 bits per heavy atom. The number of aryl methyl sites for hydroxylation is 2. The van der Waals surface area contributed by atoms with Crippen LogP contribution in [0.5, 0.6) is 5.88 Å². The van der Waals surface area contributed by atoms with Crippen molar-refractivity contribution in [3.05, 3.63) is 46.9 Å². The lowest BCUT2D eigenvalue weighted by molar-refractivity contribution is 0.144. The van der Waals surface area contributed by atoms with Crippen LogP contribution >= 0.6 is 0 Å². The van der Waals surface area contributed by atoms with E-state index in [9.17, 15) is 4.39 Å². The van der Waals surface area contributed by atoms with E-state index in [-0.39, 0.29) is 5.82 Å². The minimum absolute atomic E-state index is 0.169. The van der Waals surface area contributed by atoms with Crippen molar-refractivity contribution in [2.75, 3.05) is 0 Å². The highest BCUT2D eigenvalue weighted by Crippen LogP contribution is 2.42. The van der Waals surface area contributed by atoms with Gasteiger partial charge in [-0.15, -0.1) is 0 Å². The lowest BCUT2D eigenvalue weighted by Gasteiger charge is -2.27. The Kier molecular flexibility index (Phi) is 3.17. The van der Waals surface area contributed by atoms with E-state index in [2.05, 4.69) is 4.98 Å². The second-order valence-corrected chi connectivity index (χ2v) is 6.61. The van der Waals surface area contributed by atoms with Crippen LogP contribution in [0.15, 0.2) is 24.3 Å². The van der Waals surface area contributed by atoms with Gasteiger partial charge >= 0.3 is 0 Å². The molecule has 2 aliphatic rings. The predicted molar refractivity (Wildman–Crippen MR) is 84.6 cm³/mol. The third-order valence-electron chi connectivity index (χ3n) is 4.72. The zero-order valence-corrected chi connectivity index (χ0v) is 13.0. The maximum absolute atomic E-state index is 14.4. The van der Waals surface area contributed by atoms with Crippen LogP contribution in [-0.2, 0) is 6.42 Å². The summed E-state index contributed by atoms with van der Waals surface area (Å²) in [6.07, 6.45) is 4.78. The molecule has 1 unspecified atom stereocenters. The molecule has 0 amide bonds. The molecular formula is C19H20FNO. The quantitative estimate of drug-likeness (QED) is 0.807. The Balaban J connectivity index is 1.80. The summed E-state index contributed by atoms with van der Waals surface area (Å²) in [5, 5.41) is 0. The summed E-state index contributed by atoms with van der Waals surface area (Å²) in [6.45, 7) is 3.85. The van der Waals surface area contributed by atoms with Gasteiger partial charge in [-0.1, -0.05) is 12.1 Å². The molecule has 22 heavy (non-hydrogen) atoms. The second-order valence-electron chi connectivity index (χ2n) is 6.61. The van der Waals surface area contributed by atoms with Crippen LogP contribution in [0.2, 0.25) is 0 Å². The minimum Gasteiger partial charge on any atom is -0.474 e. The van der Waals surface area contributed by atoms with Crippen molar-refractivity contribution in [2.45, 2.75) is 45.6 Å². The topological polar surface area (TPSA) is 22.1 Å². The van der Waals surface area contributed by atoms with Gasteiger partial charge in [0.2, 0.25) is 5.88 Å². The smallest absolute Gasteiger partial charge is 0.217 e. The molecule has 3 heteroatoms. The summed E-state index contributed by atoms with van der Waals surface area (Å²) < 4.78 is 20.5. The predicted octanol–water partition coefficient (Wildman–Crippen LogP) is 4.61. The average molecular weight is 297 g/mol. The van der Waals surface area contributed by atoms with Gasteiger partial charge in [0.1, 0.15) is 11.9 Å². The number of ether oxygens (including phenoxy) is 1. The van der Waals surface area contributed by atoms with E-state index in [1.807, 2.05) is 32.0 Å². The molecule has 4 rings (SSSR count). The Bertz CT molecular complexity index is 736. The van der Waals surface area contributed by atoms with E-state index in [0.717, 1.165) is 41.1 Å². The van der Waals surface area contributed by atoms with Crippen LogP contribution in [0.4, 0.5) is 4.39 Å². The number of pyridine rings is 1. The maximum Gasteiger partial charge on any atom is 0.217 e. The third kappa shape index (κ3) is 2.39. The number of benzene rings is 1. The monoisotopic (exact) mass is 297 g/mol. The van der Waals surface area contributed by atoms with Crippen molar-refractivity contribution in [1.29, 1.82) is 0 Å². The standard InChI is InChI=1S/C19H20FNO/c1-11-3-6-14(17(20)9-11)16-10-12(2)21-19-15(16)7-8-18(22-19)13-4-5-13/h3,6,9-10,13,18H,4-5,7-8H2,1-2H3. The molecule has 1 aliphatic heterocycles. The summed E-state index contributed by atoms with van der Waals surface area (Å²) >= 11 is 0. The Labute approximate surface area is 130 Å². The molecule has 2 aromatic rings. The molecular weight excluding hydrogens is 277 g/mol. The first-order valence-electron chi connectivity index (χ1n) is 8.05. The first kappa shape index (κ1) is 13.7. The van der Waals surface area contributed by atoms with Gasteiger partial charge in [0.25, 0.3) is 0 Å². The van der Waals surface area contributed by atoms with E-state index >= 15 is 0 Å². The lowest BCUT2D eigenvalue weighted by atomic mass is 9.93. The molecule has 0 bridgehead atoms. The van der Waals surface area contributed by atoms with Gasteiger partial charge in [-0.05, 0) is 68.7 Å². The molecule has 1 aromatic carbocycles. The number of rotatable bonds is 2. The lowest BCUT2D eigenvalue weighted by Crippen LogP contribution is -2.26. The highest BCUT2D eigenvalue weighted by Gasteiger charge is 2.36. The molecule has 0 spiro atoms. The number of halogens is 1. The fraction of sp³-hybridized carbons (Fsp3) is 0.421. The molecule has 1 aromatic heterocycles. The average Bonchev–Trinajstić information content (AvgIpc) is 3.30. The van der Waals surface area contributed by atoms with Crippen LogP contribution < -0.4 is 4.74 Å². The molecule has 1 saturated carbocycles. The van der Waals surface area contributed by atoms with E-state index in [4.69, 9.17) is 4.74 Å². The highest BCUT2D eigenvalue weighted by molar-refractivity contribution is 5.70. The van der Waals surface area contributed by atoms with Gasteiger partial charge in [-0.2, -0.15) is 0 Å². The highest BCUT2D eigenvalue weighted by atomic mass is 19.1. The van der Waals surface area contributed by atoms with Crippen LogP contribution in [0.1, 0.15) is 36.1 Å². The molecule has 1 fully saturated rings. The van der Waals surface area contributed by atoms with Gasteiger partial charge in [0.15, 0.2) is 0 Å². The molecule has 0 N–H and O–H groups in total. The van der Waals surface area contributed by atoms with Crippen molar-refractivity contribution in [1.82, 2.24) is 4.98 Å². The summed E-state index contributed by atoms with van der Waals surface area (Å²) in [5.74, 6) is 1.25. The van der Waals surface area contributed by atoms with E-state index in [1.165, 1.54) is 12.8 Å². The largest absolute Gasteiger partial charge is 0.474 e. The normalized spacial score (nSPS) is 20.4. The van der Waals surface area contributed by atoms with Crippen molar-refractivity contribution in [3.8, 4) is 17.0 Å².